The zero-order valence-electron chi connectivity index (χ0n) is 32.3. The highest BCUT2D eigenvalue weighted by molar-refractivity contribution is 6.14. The lowest BCUT2D eigenvalue weighted by Gasteiger charge is -2.24. The van der Waals surface area contributed by atoms with E-state index < -0.39 is 0 Å². The van der Waals surface area contributed by atoms with Gasteiger partial charge in [-0.2, -0.15) is 0 Å². The Bertz CT molecular complexity index is 2790. The Morgan fingerprint density at radius 3 is 2.25 bits per heavy atom. The molecule has 0 saturated heterocycles. The number of allylic oxidation sites excluding steroid dienone is 6. The molecule has 5 nitrogen and oxygen atoms in total. The van der Waals surface area contributed by atoms with E-state index in [9.17, 15) is 0 Å². The topological polar surface area (TPSA) is 63.4 Å². The summed E-state index contributed by atoms with van der Waals surface area (Å²) in [6, 6.07) is 36.8. The zero-order valence-corrected chi connectivity index (χ0v) is 32.3. The average Bonchev–Trinajstić information content (AvgIpc) is 3.27. The van der Waals surface area contributed by atoms with E-state index in [2.05, 4.69) is 145 Å². The Balaban J connectivity index is 1.10. The van der Waals surface area contributed by atoms with Crippen molar-refractivity contribution in [3.63, 3.8) is 0 Å². The molecular formula is C52H43N5. The summed E-state index contributed by atoms with van der Waals surface area (Å²) in [5.41, 5.74) is 15.4. The van der Waals surface area contributed by atoms with E-state index in [-0.39, 0.29) is 0 Å². The fraction of sp³-hybridized carbons (Fsp3) is 0.135. The van der Waals surface area contributed by atoms with Crippen LogP contribution in [0.15, 0.2) is 168 Å². The first-order valence-corrected chi connectivity index (χ1v) is 19.7. The van der Waals surface area contributed by atoms with E-state index in [0.717, 1.165) is 46.6 Å². The number of aliphatic imine (C=N–C) groups is 2. The molecule has 0 radical (unpaired) electrons. The molecule has 3 aromatic heterocycles. The van der Waals surface area contributed by atoms with Crippen molar-refractivity contribution in [1.29, 1.82) is 0 Å². The van der Waals surface area contributed by atoms with Gasteiger partial charge in [0.25, 0.3) is 0 Å². The second kappa shape index (κ2) is 15.7. The van der Waals surface area contributed by atoms with Gasteiger partial charge in [0.05, 0.1) is 29.2 Å². The minimum atomic E-state index is 0.359. The summed E-state index contributed by atoms with van der Waals surface area (Å²) < 4.78 is 0. The Labute approximate surface area is 334 Å². The summed E-state index contributed by atoms with van der Waals surface area (Å²) >= 11 is 0. The van der Waals surface area contributed by atoms with Crippen molar-refractivity contribution in [3.8, 4) is 22.3 Å². The van der Waals surface area contributed by atoms with Crippen molar-refractivity contribution in [2.75, 3.05) is 0 Å². The fourth-order valence-corrected chi connectivity index (χ4v) is 8.26. The van der Waals surface area contributed by atoms with Crippen LogP contribution in [0.5, 0.6) is 0 Å². The van der Waals surface area contributed by atoms with Crippen LogP contribution in [0.3, 0.4) is 0 Å². The van der Waals surface area contributed by atoms with Crippen LogP contribution in [0.25, 0.3) is 61.3 Å². The van der Waals surface area contributed by atoms with Gasteiger partial charge in [0, 0.05) is 41.3 Å². The number of fused-ring (bicyclic) bond motifs is 4. The number of hydrogen-bond donors (Lipinski definition) is 0. The number of aromatic nitrogens is 3. The summed E-state index contributed by atoms with van der Waals surface area (Å²) in [4.78, 5) is 23.2. The maximum absolute atomic E-state index is 5.23. The lowest BCUT2D eigenvalue weighted by molar-refractivity contribution is 0.739. The van der Waals surface area contributed by atoms with Gasteiger partial charge in [0.2, 0.25) is 0 Å². The van der Waals surface area contributed by atoms with Crippen LogP contribution in [0.4, 0.5) is 0 Å². The van der Waals surface area contributed by atoms with Crippen LogP contribution in [-0.2, 0) is 6.54 Å². The Hall–Kier alpha value is -6.85. The van der Waals surface area contributed by atoms with Crippen LogP contribution in [0.1, 0.15) is 66.1 Å². The van der Waals surface area contributed by atoms with Crippen molar-refractivity contribution in [2.45, 2.75) is 39.2 Å². The van der Waals surface area contributed by atoms with Gasteiger partial charge in [0.15, 0.2) is 0 Å². The van der Waals surface area contributed by atoms with Crippen LogP contribution in [-0.4, -0.2) is 27.4 Å². The molecule has 7 aromatic rings. The molecule has 2 unspecified atom stereocenters. The molecule has 0 bridgehead atoms. The van der Waals surface area contributed by atoms with Crippen molar-refractivity contribution >= 4 is 51.5 Å². The third-order valence-corrected chi connectivity index (χ3v) is 11.3. The molecule has 3 heterocycles. The van der Waals surface area contributed by atoms with Crippen molar-refractivity contribution < 1.29 is 0 Å². The van der Waals surface area contributed by atoms with Crippen molar-refractivity contribution in [3.05, 3.63) is 192 Å². The van der Waals surface area contributed by atoms with Gasteiger partial charge in [-0.25, -0.2) is 4.98 Å². The lowest BCUT2D eigenvalue weighted by Crippen LogP contribution is -2.07. The van der Waals surface area contributed by atoms with Crippen LogP contribution in [0, 0.1) is 5.92 Å². The molecule has 2 atom stereocenters. The molecule has 0 N–H and O–H groups in total. The summed E-state index contributed by atoms with van der Waals surface area (Å²) in [6.45, 7) is 8.97. The number of pyridine rings is 3. The van der Waals surface area contributed by atoms with Crippen molar-refractivity contribution in [2.24, 2.45) is 15.9 Å². The van der Waals surface area contributed by atoms with E-state index in [1.165, 1.54) is 60.7 Å². The second-order valence-corrected chi connectivity index (χ2v) is 15.0. The molecule has 0 spiro atoms. The van der Waals surface area contributed by atoms with Gasteiger partial charge >= 0.3 is 0 Å². The first-order chi connectivity index (χ1) is 28.0. The van der Waals surface area contributed by atoms with Crippen molar-refractivity contribution in [1.82, 2.24) is 15.0 Å². The molecule has 9 rings (SSSR count). The molecule has 0 saturated carbocycles. The van der Waals surface area contributed by atoms with Gasteiger partial charge < -0.3 is 0 Å². The number of rotatable bonds is 9. The van der Waals surface area contributed by atoms with E-state index in [1.807, 2.05) is 30.3 Å². The van der Waals surface area contributed by atoms with Crippen LogP contribution < -0.4 is 0 Å². The van der Waals surface area contributed by atoms with Gasteiger partial charge in [-0.3, -0.25) is 20.0 Å². The van der Waals surface area contributed by atoms with E-state index in [4.69, 9.17) is 9.98 Å². The summed E-state index contributed by atoms with van der Waals surface area (Å²) in [6.07, 6.45) is 22.6. The highest BCUT2D eigenvalue weighted by Gasteiger charge is 2.21. The maximum Gasteiger partial charge on any atom is 0.0722 e. The van der Waals surface area contributed by atoms with E-state index in [0.29, 0.717) is 18.4 Å². The normalized spacial score (nSPS) is 16.8. The largest absolute Gasteiger partial charge is 0.280 e. The fourth-order valence-electron chi connectivity index (χ4n) is 8.26. The third-order valence-electron chi connectivity index (χ3n) is 11.3. The molecule has 57 heavy (non-hydrogen) atoms. The monoisotopic (exact) mass is 737 g/mol. The van der Waals surface area contributed by atoms with Gasteiger partial charge in [-0.15, -0.1) is 0 Å². The minimum Gasteiger partial charge on any atom is -0.280 e. The molecule has 2 aliphatic carbocycles. The summed E-state index contributed by atoms with van der Waals surface area (Å²) in [5, 5.41) is 3.63. The van der Waals surface area contributed by atoms with E-state index in [1.54, 1.807) is 24.8 Å². The van der Waals surface area contributed by atoms with Gasteiger partial charge in [0.1, 0.15) is 0 Å². The SMILES string of the molecule is C=N/C(=C\C(=NCc1ccc(-c2ccc(-c3cc(C4=CCC(C)C=C4)nc4ccc5ccccc5c34)cc2)c2c1C(C)CC=C2)c1ccncc1)c1ccncc1. The van der Waals surface area contributed by atoms with Crippen LogP contribution >= 0.6 is 0 Å². The van der Waals surface area contributed by atoms with Crippen LogP contribution in [0.2, 0.25) is 0 Å². The quantitative estimate of drug-likeness (QED) is 0.109. The molecule has 2 aliphatic rings. The predicted molar refractivity (Wildman–Crippen MR) is 239 cm³/mol. The molecule has 0 amide bonds. The Morgan fingerprint density at radius 1 is 0.772 bits per heavy atom. The molecule has 0 aliphatic heterocycles. The molecule has 0 fully saturated rings. The summed E-state index contributed by atoms with van der Waals surface area (Å²) in [5.74, 6) is 0.904. The maximum atomic E-state index is 5.23. The standard InChI is InChI=1S/C52H43N5/c1-34-11-13-39(14-12-34)50-31-46(52-44-9-5-4-8-36(44)20-22-47(52)57-50)38-17-15-37(16-18-38)43-21-19-42(51-35(2)7-6-10-45(43)51)33-56-49(41-25-29-55-30-26-41)32-48(53-3)40-23-27-54-28-24-40/h4-6,8-11,13-32,34-35H,3,7,12,33H2,1-2H3/b48-32-,56-49?. The Kier molecular flexibility index (Phi) is 9.88. The second-order valence-electron chi connectivity index (χ2n) is 15.0. The zero-order chi connectivity index (χ0) is 38.7. The molecule has 276 valence electrons. The van der Waals surface area contributed by atoms with Gasteiger partial charge in [-0.05, 0) is 129 Å². The van der Waals surface area contributed by atoms with Gasteiger partial charge in [-0.1, -0.05) is 111 Å². The Morgan fingerprint density at radius 2 is 1.51 bits per heavy atom. The molecule has 4 aromatic carbocycles. The predicted octanol–water partition coefficient (Wildman–Crippen LogP) is 12.7. The number of hydrogen-bond acceptors (Lipinski definition) is 5. The first kappa shape index (κ1) is 35.8. The number of nitrogens with zero attached hydrogens (tertiary/aromatic N) is 5. The smallest absolute Gasteiger partial charge is 0.0722 e. The number of benzene rings is 4. The lowest BCUT2D eigenvalue weighted by atomic mass is 9.81. The first-order valence-electron chi connectivity index (χ1n) is 19.7. The highest BCUT2D eigenvalue weighted by Crippen LogP contribution is 2.41. The molecule has 5 heteroatoms. The highest BCUT2D eigenvalue weighted by atomic mass is 14.8. The molecular weight excluding hydrogens is 695 g/mol. The summed E-state index contributed by atoms with van der Waals surface area (Å²) in [7, 11) is 0. The minimum absolute atomic E-state index is 0.359. The third kappa shape index (κ3) is 7.20. The van der Waals surface area contributed by atoms with E-state index >= 15 is 0 Å². The average molecular weight is 738 g/mol.